The Hall–Kier alpha value is -0.610. The smallest absolute Gasteiger partial charge is 0.322 e. The lowest BCUT2D eigenvalue weighted by Crippen LogP contribution is -2.33. The van der Waals surface area contributed by atoms with Gasteiger partial charge in [0.05, 0.1) is 13.2 Å². The van der Waals surface area contributed by atoms with Gasteiger partial charge >= 0.3 is 5.97 Å². The Morgan fingerprint density at radius 2 is 2.07 bits per heavy atom. The van der Waals surface area contributed by atoms with Crippen molar-refractivity contribution in [3.8, 4) is 0 Å². The van der Waals surface area contributed by atoms with Crippen molar-refractivity contribution in [2.24, 2.45) is 5.73 Å². The highest BCUT2D eigenvalue weighted by Crippen LogP contribution is 2.02. The van der Waals surface area contributed by atoms with Gasteiger partial charge in [-0.1, -0.05) is 13.3 Å². The van der Waals surface area contributed by atoms with Crippen LogP contribution in [0.4, 0.5) is 0 Å². The quantitative estimate of drug-likeness (QED) is 0.629. The highest BCUT2D eigenvalue weighted by molar-refractivity contribution is 5.75. The summed E-state index contributed by atoms with van der Waals surface area (Å²) < 4.78 is 9.96. The Morgan fingerprint density at radius 1 is 1.43 bits per heavy atom. The van der Waals surface area contributed by atoms with E-state index in [1.807, 2.05) is 6.92 Å². The average molecular weight is 203 g/mol. The number of rotatable bonds is 7. The molecule has 0 aromatic heterocycles. The Bertz CT molecular complexity index is 161. The molecule has 0 aliphatic carbocycles. The molecule has 0 amide bonds. The molecule has 2 unspecified atom stereocenters. The standard InChI is InChI=1S/C10H21NO3/c1-4-5-8(2)14-7-6-9(11)10(12)13-3/h8-9H,4-7,11H2,1-3H3. The third-order valence-corrected chi connectivity index (χ3v) is 2.03. The molecule has 14 heavy (non-hydrogen) atoms. The van der Waals surface area contributed by atoms with Crippen molar-refractivity contribution in [2.45, 2.75) is 45.3 Å². The molecule has 0 saturated heterocycles. The zero-order valence-electron chi connectivity index (χ0n) is 9.29. The number of hydrogen-bond acceptors (Lipinski definition) is 4. The summed E-state index contributed by atoms with van der Waals surface area (Å²) in [5.74, 6) is -0.378. The van der Waals surface area contributed by atoms with Crippen molar-refractivity contribution in [1.29, 1.82) is 0 Å². The fraction of sp³-hybridized carbons (Fsp3) is 0.900. The van der Waals surface area contributed by atoms with Gasteiger partial charge in [0, 0.05) is 6.61 Å². The van der Waals surface area contributed by atoms with E-state index < -0.39 is 6.04 Å². The van der Waals surface area contributed by atoms with Crippen LogP contribution in [0.5, 0.6) is 0 Å². The molecule has 0 radical (unpaired) electrons. The molecule has 84 valence electrons. The van der Waals surface area contributed by atoms with Crippen LogP contribution in [-0.4, -0.2) is 31.8 Å². The molecule has 0 bridgehead atoms. The molecule has 2 N–H and O–H groups in total. The van der Waals surface area contributed by atoms with Crippen LogP contribution in [0, 0.1) is 0 Å². The van der Waals surface area contributed by atoms with Gasteiger partial charge in [0.25, 0.3) is 0 Å². The molecule has 0 saturated carbocycles. The maximum absolute atomic E-state index is 10.9. The number of nitrogens with two attached hydrogens (primary N) is 1. The Morgan fingerprint density at radius 3 is 2.57 bits per heavy atom. The van der Waals surface area contributed by atoms with Crippen LogP contribution in [-0.2, 0) is 14.3 Å². The number of ether oxygens (including phenoxy) is 2. The highest BCUT2D eigenvalue weighted by Gasteiger charge is 2.13. The van der Waals surface area contributed by atoms with Crippen molar-refractivity contribution >= 4 is 5.97 Å². The molecule has 0 rings (SSSR count). The minimum absolute atomic E-state index is 0.241. The van der Waals surface area contributed by atoms with Gasteiger partial charge in [-0.05, 0) is 19.8 Å². The van der Waals surface area contributed by atoms with Crippen molar-refractivity contribution in [3.05, 3.63) is 0 Å². The fourth-order valence-corrected chi connectivity index (χ4v) is 1.16. The first-order valence-corrected chi connectivity index (χ1v) is 5.06. The molecule has 0 aromatic rings. The molecule has 0 aliphatic heterocycles. The topological polar surface area (TPSA) is 61.5 Å². The van der Waals surface area contributed by atoms with E-state index in [0.29, 0.717) is 13.0 Å². The van der Waals surface area contributed by atoms with Gasteiger partial charge in [-0.25, -0.2) is 0 Å². The number of carbonyl (C=O) groups is 1. The Kier molecular flexibility index (Phi) is 7.42. The zero-order valence-corrected chi connectivity index (χ0v) is 9.29. The van der Waals surface area contributed by atoms with E-state index in [9.17, 15) is 4.79 Å². The largest absolute Gasteiger partial charge is 0.468 e. The van der Waals surface area contributed by atoms with Crippen LogP contribution >= 0.6 is 0 Å². The van der Waals surface area contributed by atoms with Gasteiger partial charge in [-0.3, -0.25) is 4.79 Å². The van der Waals surface area contributed by atoms with Crippen molar-refractivity contribution < 1.29 is 14.3 Å². The molecule has 0 aromatic carbocycles. The molecular weight excluding hydrogens is 182 g/mol. The summed E-state index contributed by atoms with van der Waals surface area (Å²) in [5.41, 5.74) is 5.53. The van der Waals surface area contributed by atoms with Crippen LogP contribution in [0.2, 0.25) is 0 Å². The van der Waals surface area contributed by atoms with Crippen molar-refractivity contribution in [1.82, 2.24) is 0 Å². The highest BCUT2D eigenvalue weighted by atomic mass is 16.5. The summed E-state index contributed by atoms with van der Waals surface area (Å²) in [6.45, 7) is 4.64. The summed E-state index contributed by atoms with van der Waals surface area (Å²) in [6, 6.07) is -0.561. The summed E-state index contributed by atoms with van der Waals surface area (Å²) in [4.78, 5) is 10.9. The second-order valence-electron chi connectivity index (χ2n) is 3.39. The van der Waals surface area contributed by atoms with E-state index in [0.717, 1.165) is 12.8 Å². The number of methoxy groups -OCH3 is 1. The number of carbonyl (C=O) groups excluding carboxylic acids is 1. The first-order chi connectivity index (χ1) is 6.61. The van der Waals surface area contributed by atoms with Crippen LogP contribution in [0.1, 0.15) is 33.1 Å². The molecule has 0 spiro atoms. The monoisotopic (exact) mass is 203 g/mol. The second kappa shape index (κ2) is 7.76. The fourth-order valence-electron chi connectivity index (χ4n) is 1.16. The van der Waals surface area contributed by atoms with Crippen LogP contribution in [0.25, 0.3) is 0 Å². The first kappa shape index (κ1) is 13.4. The van der Waals surface area contributed by atoms with E-state index in [1.165, 1.54) is 7.11 Å². The van der Waals surface area contributed by atoms with Crippen molar-refractivity contribution in [2.75, 3.05) is 13.7 Å². The zero-order chi connectivity index (χ0) is 11.0. The van der Waals surface area contributed by atoms with E-state index in [1.54, 1.807) is 0 Å². The van der Waals surface area contributed by atoms with E-state index in [4.69, 9.17) is 10.5 Å². The van der Waals surface area contributed by atoms with Crippen LogP contribution in [0.3, 0.4) is 0 Å². The minimum Gasteiger partial charge on any atom is -0.468 e. The lowest BCUT2D eigenvalue weighted by Gasteiger charge is -2.13. The lowest BCUT2D eigenvalue weighted by molar-refractivity contribution is -0.142. The third-order valence-electron chi connectivity index (χ3n) is 2.03. The van der Waals surface area contributed by atoms with Crippen molar-refractivity contribution in [3.63, 3.8) is 0 Å². The maximum atomic E-state index is 10.9. The molecule has 4 heteroatoms. The van der Waals surface area contributed by atoms with Gasteiger partial charge in [0.1, 0.15) is 6.04 Å². The normalized spacial score (nSPS) is 14.9. The van der Waals surface area contributed by atoms with Gasteiger partial charge in [0.2, 0.25) is 0 Å². The minimum atomic E-state index is -0.561. The number of esters is 1. The predicted molar refractivity (Wildman–Crippen MR) is 54.9 cm³/mol. The molecule has 0 fully saturated rings. The molecule has 2 atom stereocenters. The number of hydrogen-bond donors (Lipinski definition) is 1. The summed E-state index contributed by atoms with van der Waals surface area (Å²) in [7, 11) is 1.34. The summed E-state index contributed by atoms with van der Waals surface area (Å²) >= 11 is 0. The Labute approximate surface area is 85.8 Å². The maximum Gasteiger partial charge on any atom is 0.322 e. The Balaban J connectivity index is 3.48. The van der Waals surface area contributed by atoms with E-state index >= 15 is 0 Å². The average Bonchev–Trinajstić information content (AvgIpc) is 2.16. The van der Waals surface area contributed by atoms with Gasteiger partial charge in [0.15, 0.2) is 0 Å². The third kappa shape index (κ3) is 5.94. The molecule has 4 nitrogen and oxygen atoms in total. The van der Waals surface area contributed by atoms with Gasteiger partial charge < -0.3 is 15.2 Å². The van der Waals surface area contributed by atoms with Crippen LogP contribution < -0.4 is 5.73 Å². The van der Waals surface area contributed by atoms with Crippen LogP contribution in [0.15, 0.2) is 0 Å². The summed E-state index contributed by atoms with van der Waals surface area (Å²) in [5, 5.41) is 0. The van der Waals surface area contributed by atoms with Gasteiger partial charge in [-0.2, -0.15) is 0 Å². The van der Waals surface area contributed by atoms with Gasteiger partial charge in [-0.15, -0.1) is 0 Å². The first-order valence-electron chi connectivity index (χ1n) is 5.06. The molecule has 0 aliphatic rings. The SMILES string of the molecule is CCCC(C)OCCC(N)C(=O)OC. The second-order valence-corrected chi connectivity index (χ2v) is 3.39. The van der Waals surface area contributed by atoms with E-state index in [-0.39, 0.29) is 12.1 Å². The molecule has 0 heterocycles. The van der Waals surface area contributed by atoms with E-state index in [2.05, 4.69) is 11.7 Å². The predicted octanol–water partition coefficient (Wildman–Crippen LogP) is 1.08. The summed E-state index contributed by atoms with van der Waals surface area (Å²) in [6.07, 6.45) is 2.89. The molecular formula is C10H21NO3. The lowest BCUT2D eigenvalue weighted by atomic mass is 10.2.